The van der Waals surface area contributed by atoms with Gasteiger partial charge in [0.2, 0.25) is 5.60 Å². The van der Waals surface area contributed by atoms with Crippen molar-refractivity contribution in [2.75, 3.05) is 6.61 Å². The number of carboxylic acids is 1. The first-order chi connectivity index (χ1) is 14.7. The minimum absolute atomic E-state index is 0.000110. The lowest BCUT2D eigenvalue weighted by molar-refractivity contribution is -0.161. The van der Waals surface area contributed by atoms with Crippen molar-refractivity contribution >= 4 is 29.6 Å². The quantitative estimate of drug-likeness (QED) is 0.268. The van der Waals surface area contributed by atoms with Crippen molar-refractivity contribution in [2.45, 2.75) is 30.5 Å². The lowest BCUT2D eigenvalue weighted by Gasteiger charge is -2.44. The van der Waals surface area contributed by atoms with E-state index in [2.05, 4.69) is 6.58 Å². The molecule has 1 aliphatic carbocycles. The van der Waals surface area contributed by atoms with Crippen LogP contribution < -0.4 is 11.2 Å². The zero-order valence-electron chi connectivity index (χ0n) is 16.6. The van der Waals surface area contributed by atoms with Gasteiger partial charge < -0.3 is 19.6 Å². The highest BCUT2D eigenvalue weighted by molar-refractivity contribution is 6.29. The Labute approximate surface area is 182 Å². The predicted molar refractivity (Wildman–Crippen MR) is 105 cm³/mol. The Morgan fingerprint density at radius 2 is 2.03 bits per heavy atom. The third kappa shape index (κ3) is 3.95. The number of aldehydes is 1. The highest BCUT2D eigenvalue weighted by Gasteiger charge is 2.60. The average molecular weight is 481 g/mol. The molecular weight excluding hydrogens is 464 g/mol. The van der Waals surface area contributed by atoms with E-state index in [1.165, 1.54) is 11.9 Å². The van der Waals surface area contributed by atoms with E-state index in [4.69, 9.17) is 16.3 Å². The molecule has 0 spiro atoms. The number of hydrogen-bond donors (Lipinski definition) is 2. The summed E-state index contributed by atoms with van der Waals surface area (Å²) in [6.45, 7) is 5.14. The number of nitrogens with zero attached hydrogens (tertiary/aromatic N) is 1. The Balaban J connectivity index is 3.00. The van der Waals surface area contributed by atoms with E-state index >= 15 is 4.39 Å². The van der Waals surface area contributed by atoms with Gasteiger partial charge in [0.1, 0.15) is 22.7 Å². The Morgan fingerprint density at radius 1 is 1.44 bits per heavy atom. The van der Waals surface area contributed by atoms with Gasteiger partial charge in [-0.25, -0.2) is 18.5 Å². The molecule has 0 radical (unpaired) electrons. The number of allylic oxidation sites excluding steroid dienone is 2. The van der Waals surface area contributed by atoms with Gasteiger partial charge in [0.05, 0.1) is 12.3 Å². The molecule has 1 aliphatic rings. The van der Waals surface area contributed by atoms with Gasteiger partial charge in [0, 0.05) is 17.6 Å². The number of ether oxygens (including phenoxy) is 1. The molecule has 0 bridgehead atoms. The van der Waals surface area contributed by atoms with E-state index in [1.54, 1.807) is 0 Å². The number of carbonyl (C=O) groups is 2. The largest absolute Gasteiger partial charge is 0.479 e. The van der Waals surface area contributed by atoms with Gasteiger partial charge in [-0.1, -0.05) is 13.0 Å². The highest BCUT2D eigenvalue weighted by atomic mass is 35.5. The third-order valence-electron chi connectivity index (χ3n) is 4.89. The number of carbonyl (C=O) groups excluding carboxylic acids is 1. The van der Waals surface area contributed by atoms with Crippen molar-refractivity contribution in [1.29, 1.82) is 0 Å². The number of nitrogens with one attached hydrogen (secondary N) is 1. The summed E-state index contributed by atoms with van der Waals surface area (Å²) in [4.78, 5) is 47.5. The fourth-order valence-corrected chi connectivity index (χ4v) is 3.81. The summed E-state index contributed by atoms with van der Waals surface area (Å²) in [6, 6.07) is -0.000110. The van der Waals surface area contributed by atoms with E-state index in [-0.39, 0.29) is 16.9 Å². The summed E-state index contributed by atoms with van der Waals surface area (Å²) in [6.07, 6.45) is -3.21. The molecule has 0 saturated heterocycles. The molecule has 0 aromatic carbocycles. The summed E-state index contributed by atoms with van der Waals surface area (Å²) in [7, 11) is 0. The van der Waals surface area contributed by atoms with Gasteiger partial charge in [0.15, 0.2) is 0 Å². The Hall–Kier alpha value is -2.99. The number of aliphatic carboxylic acids is 1. The molecular formula is C19H17ClF4N2O6. The molecule has 0 fully saturated rings. The van der Waals surface area contributed by atoms with E-state index in [9.17, 15) is 37.5 Å². The van der Waals surface area contributed by atoms with Crippen molar-refractivity contribution < 1.29 is 37.0 Å². The molecule has 3 atom stereocenters. The minimum atomic E-state index is -5.09. The second-order valence-electron chi connectivity index (χ2n) is 6.99. The van der Waals surface area contributed by atoms with E-state index in [0.29, 0.717) is 6.08 Å². The average Bonchev–Trinajstić information content (AvgIpc) is 2.66. The number of carboxylic acid groups (broad SMARTS) is 1. The van der Waals surface area contributed by atoms with Crippen LogP contribution in [0.1, 0.15) is 19.5 Å². The topological polar surface area (TPSA) is 118 Å². The van der Waals surface area contributed by atoms with E-state index in [0.717, 1.165) is 13.0 Å². The number of aromatic nitrogens is 2. The molecule has 1 heterocycles. The van der Waals surface area contributed by atoms with Gasteiger partial charge >= 0.3 is 17.8 Å². The number of rotatable bonds is 7. The normalized spacial score (nSPS) is 24.7. The minimum Gasteiger partial charge on any atom is -0.479 e. The zero-order chi connectivity index (χ0) is 24.6. The maximum absolute atomic E-state index is 15.5. The molecule has 32 heavy (non-hydrogen) atoms. The van der Waals surface area contributed by atoms with Crippen LogP contribution in [0.15, 0.2) is 45.8 Å². The highest BCUT2D eigenvalue weighted by Crippen LogP contribution is 2.50. The first-order valence-corrected chi connectivity index (χ1v) is 9.23. The monoisotopic (exact) mass is 480 g/mol. The van der Waals surface area contributed by atoms with Crippen LogP contribution in [0.4, 0.5) is 17.6 Å². The van der Waals surface area contributed by atoms with Crippen LogP contribution in [0.3, 0.4) is 0 Å². The smallest absolute Gasteiger partial charge is 0.431 e. The van der Waals surface area contributed by atoms with Crippen LogP contribution >= 0.6 is 11.6 Å². The van der Waals surface area contributed by atoms with Gasteiger partial charge in [-0.3, -0.25) is 4.79 Å². The van der Waals surface area contributed by atoms with Crippen LogP contribution in [0.25, 0.3) is 5.70 Å². The molecule has 0 saturated carbocycles. The molecule has 8 nitrogen and oxygen atoms in total. The maximum Gasteiger partial charge on any atom is 0.431 e. The van der Waals surface area contributed by atoms with E-state index < -0.39 is 69.2 Å². The standard InChI is InChI=1S/C19H17ClF4N2O6/c1-4-5-32-18(15(29)30)7-10(14(21)13(9(2)8-27)17(18,3)20)26-12(28)6-11(19(22,23)24)25-16(26)31/h4,6-9H,1,5H2,2-3H3,(H,25,31)(H,29,30). The van der Waals surface area contributed by atoms with Crippen LogP contribution in [-0.2, 0) is 20.5 Å². The first kappa shape index (κ1) is 25.3. The second-order valence-corrected chi connectivity index (χ2v) is 7.74. The summed E-state index contributed by atoms with van der Waals surface area (Å²) in [5.74, 6) is -4.58. The first-order valence-electron chi connectivity index (χ1n) is 8.85. The molecule has 0 amide bonds. The number of alkyl halides is 4. The summed E-state index contributed by atoms with van der Waals surface area (Å²) < 4.78 is 59.5. The van der Waals surface area contributed by atoms with Gasteiger partial charge in [-0.05, 0) is 13.0 Å². The van der Waals surface area contributed by atoms with Crippen molar-refractivity contribution in [1.82, 2.24) is 9.55 Å². The van der Waals surface area contributed by atoms with Gasteiger partial charge in [0.25, 0.3) is 5.56 Å². The number of H-pyrrole nitrogens is 1. The third-order valence-corrected chi connectivity index (χ3v) is 5.37. The van der Waals surface area contributed by atoms with Crippen LogP contribution in [0.5, 0.6) is 0 Å². The van der Waals surface area contributed by atoms with Crippen LogP contribution in [-0.4, -0.2) is 44.0 Å². The van der Waals surface area contributed by atoms with Gasteiger partial charge in [-0.2, -0.15) is 13.2 Å². The van der Waals surface area contributed by atoms with E-state index in [1.807, 2.05) is 0 Å². The Morgan fingerprint density at radius 3 is 2.47 bits per heavy atom. The Kier molecular flexibility index (Phi) is 6.72. The molecule has 0 aliphatic heterocycles. The SMILES string of the molecule is C=CCOC1(C(=O)O)C=C(n2c(=O)cc(C(F)(F)F)[nH]c2=O)C(F)=C(C(C)C=O)C1(C)Cl. The predicted octanol–water partition coefficient (Wildman–Crippen LogP) is 2.49. The van der Waals surface area contributed by atoms with Crippen molar-refractivity contribution in [2.24, 2.45) is 5.92 Å². The molecule has 1 aromatic heterocycles. The summed E-state index contributed by atoms with van der Waals surface area (Å²) in [5, 5.41) is 9.92. The zero-order valence-corrected chi connectivity index (χ0v) is 17.4. The maximum atomic E-state index is 15.5. The Bertz CT molecular complexity index is 1120. The molecule has 13 heteroatoms. The second kappa shape index (κ2) is 8.51. The van der Waals surface area contributed by atoms with Crippen LogP contribution in [0, 0.1) is 5.92 Å². The molecule has 2 rings (SSSR count). The molecule has 174 valence electrons. The number of hydrogen-bond acceptors (Lipinski definition) is 5. The van der Waals surface area contributed by atoms with Crippen molar-refractivity contribution in [3.63, 3.8) is 0 Å². The molecule has 3 unspecified atom stereocenters. The number of aromatic amines is 1. The molecule has 1 aromatic rings. The molecule has 2 N–H and O–H groups in total. The van der Waals surface area contributed by atoms with Crippen molar-refractivity contribution in [3.8, 4) is 0 Å². The fraction of sp³-hybridized carbons (Fsp3) is 0.368. The fourth-order valence-electron chi connectivity index (χ4n) is 3.36. The summed E-state index contributed by atoms with van der Waals surface area (Å²) in [5.41, 5.74) is -9.34. The number of halogens is 5. The van der Waals surface area contributed by atoms with Gasteiger partial charge in [-0.15, -0.1) is 18.2 Å². The summed E-state index contributed by atoms with van der Waals surface area (Å²) >= 11 is 6.41. The lowest BCUT2D eigenvalue weighted by atomic mass is 9.73. The van der Waals surface area contributed by atoms with Crippen LogP contribution in [0.2, 0.25) is 0 Å². The lowest BCUT2D eigenvalue weighted by Crippen LogP contribution is -2.59. The van der Waals surface area contributed by atoms with Crippen molar-refractivity contribution in [3.05, 3.63) is 62.7 Å².